The molecule has 0 fully saturated rings. The molecule has 0 aliphatic carbocycles. The molecule has 21 heavy (non-hydrogen) atoms. The lowest BCUT2D eigenvalue weighted by atomic mass is 9.96. The monoisotopic (exact) mass is 277 g/mol. The molecule has 0 N–H and O–H groups in total. The fourth-order valence-electron chi connectivity index (χ4n) is 2.69. The first kappa shape index (κ1) is 13.3. The van der Waals surface area contributed by atoms with Crippen LogP contribution in [-0.2, 0) is 6.42 Å². The third-order valence-electron chi connectivity index (χ3n) is 3.77. The molecule has 0 bridgehead atoms. The molecule has 4 heteroatoms. The summed E-state index contributed by atoms with van der Waals surface area (Å²) in [5.41, 5.74) is 3.95. The van der Waals surface area contributed by atoms with Crippen LogP contribution in [0.3, 0.4) is 0 Å². The molecule has 1 aromatic heterocycles. The summed E-state index contributed by atoms with van der Waals surface area (Å²) >= 11 is 0. The second kappa shape index (κ2) is 5.37. The van der Waals surface area contributed by atoms with Crippen LogP contribution in [0.5, 0.6) is 0 Å². The van der Waals surface area contributed by atoms with Gasteiger partial charge in [0.2, 0.25) is 0 Å². The van der Waals surface area contributed by atoms with E-state index in [1.807, 2.05) is 25.1 Å². The summed E-state index contributed by atoms with van der Waals surface area (Å²) in [5, 5.41) is 9.20. The smallest absolute Gasteiger partial charge is 0.259 e. The topological polar surface area (TPSA) is 57.0 Å². The number of nitriles is 1. The van der Waals surface area contributed by atoms with Gasteiger partial charge in [0, 0.05) is 24.1 Å². The molecule has 0 saturated heterocycles. The summed E-state index contributed by atoms with van der Waals surface area (Å²) in [6.07, 6.45) is 3.33. The number of carbonyl (C=O) groups is 1. The van der Waals surface area contributed by atoms with E-state index in [1.165, 1.54) is 0 Å². The predicted octanol–water partition coefficient (Wildman–Crippen LogP) is 2.85. The summed E-state index contributed by atoms with van der Waals surface area (Å²) < 4.78 is 0. The molecule has 4 nitrogen and oxygen atoms in total. The number of benzene rings is 1. The van der Waals surface area contributed by atoms with Crippen molar-refractivity contribution in [1.29, 1.82) is 5.26 Å². The summed E-state index contributed by atoms with van der Waals surface area (Å²) in [7, 11) is 0. The van der Waals surface area contributed by atoms with Gasteiger partial charge in [-0.05, 0) is 49.6 Å². The van der Waals surface area contributed by atoms with Crippen molar-refractivity contribution in [2.45, 2.75) is 19.8 Å². The zero-order valence-electron chi connectivity index (χ0n) is 11.8. The number of amides is 1. The first-order valence-electron chi connectivity index (χ1n) is 6.97. The van der Waals surface area contributed by atoms with Gasteiger partial charge in [0.05, 0.1) is 17.2 Å². The van der Waals surface area contributed by atoms with Gasteiger partial charge in [-0.2, -0.15) is 5.26 Å². The molecular formula is C17H15N3O. The van der Waals surface area contributed by atoms with Crippen LogP contribution < -0.4 is 4.90 Å². The van der Waals surface area contributed by atoms with Crippen LogP contribution in [0.25, 0.3) is 0 Å². The zero-order valence-corrected chi connectivity index (χ0v) is 11.8. The molecule has 2 aromatic rings. The number of pyridine rings is 1. The van der Waals surface area contributed by atoms with Crippen molar-refractivity contribution >= 4 is 11.6 Å². The van der Waals surface area contributed by atoms with Gasteiger partial charge in [-0.1, -0.05) is 6.07 Å². The number of aryl methyl sites for hydroxylation is 1. The maximum atomic E-state index is 12.7. The number of hydrogen-bond donors (Lipinski definition) is 0. The van der Waals surface area contributed by atoms with Gasteiger partial charge in [-0.15, -0.1) is 0 Å². The number of rotatable bonds is 1. The SMILES string of the molecule is Cc1ccc(C(=O)N2CCCc3c(C#N)cccc32)cn1. The minimum absolute atomic E-state index is 0.0569. The molecule has 0 radical (unpaired) electrons. The van der Waals surface area contributed by atoms with Gasteiger partial charge in [-0.3, -0.25) is 9.78 Å². The van der Waals surface area contributed by atoms with Crippen molar-refractivity contribution in [3.8, 4) is 6.07 Å². The number of fused-ring (bicyclic) bond motifs is 1. The van der Waals surface area contributed by atoms with Crippen LogP contribution in [0.15, 0.2) is 36.5 Å². The van der Waals surface area contributed by atoms with E-state index >= 15 is 0 Å². The quantitative estimate of drug-likeness (QED) is 0.805. The molecule has 104 valence electrons. The number of hydrogen-bond acceptors (Lipinski definition) is 3. The molecule has 1 aliphatic heterocycles. The van der Waals surface area contributed by atoms with Crippen molar-refractivity contribution in [3.63, 3.8) is 0 Å². The van der Waals surface area contributed by atoms with E-state index in [0.29, 0.717) is 17.7 Å². The molecule has 1 aromatic carbocycles. The first-order valence-corrected chi connectivity index (χ1v) is 6.97. The van der Waals surface area contributed by atoms with Crippen molar-refractivity contribution in [3.05, 3.63) is 58.9 Å². The Balaban J connectivity index is 2.01. The van der Waals surface area contributed by atoms with Gasteiger partial charge in [0.25, 0.3) is 5.91 Å². The van der Waals surface area contributed by atoms with Gasteiger partial charge >= 0.3 is 0 Å². The molecule has 0 atom stereocenters. The number of aromatic nitrogens is 1. The van der Waals surface area contributed by atoms with Gasteiger partial charge < -0.3 is 4.90 Å². The largest absolute Gasteiger partial charge is 0.308 e. The Morgan fingerprint density at radius 1 is 1.33 bits per heavy atom. The third-order valence-corrected chi connectivity index (χ3v) is 3.77. The Kier molecular flexibility index (Phi) is 3.41. The fourth-order valence-corrected chi connectivity index (χ4v) is 2.69. The van der Waals surface area contributed by atoms with Crippen LogP contribution in [0.1, 0.15) is 33.6 Å². The van der Waals surface area contributed by atoms with E-state index in [1.54, 1.807) is 23.2 Å². The van der Waals surface area contributed by atoms with E-state index in [4.69, 9.17) is 0 Å². The molecule has 2 heterocycles. The Labute approximate surface area is 123 Å². The Morgan fingerprint density at radius 3 is 2.90 bits per heavy atom. The van der Waals surface area contributed by atoms with E-state index < -0.39 is 0 Å². The molecule has 3 rings (SSSR count). The number of nitrogens with zero attached hydrogens (tertiary/aromatic N) is 3. The molecule has 0 saturated carbocycles. The highest BCUT2D eigenvalue weighted by molar-refractivity contribution is 6.06. The summed E-state index contributed by atoms with van der Waals surface area (Å²) in [5.74, 6) is -0.0569. The molecule has 0 unspecified atom stereocenters. The molecule has 1 amide bonds. The maximum absolute atomic E-state index is 12.7. The Bertz CT molecular complexity index is 729. The second-order valence-corrected chi connectivity index (χ2v) is 5.16. The van der Waals surface area contributed by atoms with Crippen molar-refractivity contribution < 1.29 is 4.79 Å². The second-order valence-electron chi connectivity index (χ2n) is 5.16. The van der Waals surface area contributed by atoms with Crippen LogP contribution in [-0.4, -0.2) is 17.4 Å². The van der Waals surface area contributed by atoms with Gasteiger partial charge in [0.15, 0.2) is 0 Å². The standard InChI is InChI=1S/C17H15N3O/c1-12-7-8-14(11-19-12)17(21)20-9-3-5-15-13(10-18)4-2-6-16(15)20/h2,4,6-8,11H,3,5,9H2,1H3. The van der Waals surface area contributed by atoms with Crippen LogP contribution >= 0.6 is 0 Å². The summed E-state index contributed by atoms with van der Waals surface area (Å²) in [4.78, 5) is 18.6. The fraction of sp³-hybridized carbons (Fsp3) is 0.235. The predicted molar refractivity (Wildman–Crippen MR) is 80.1 cm³/mol. The van der Waals surface area contributed by atoms with Crippen molar-refractivity contribution in [2.75, 3.05) is 11.4 Å². The first-order chi connectivity index (χ1) is 10.2. The highest BCUT2D eigenvalue weighted by Crippen LogP contribution is 2.30. The Hall–Kier alpha value is -2.67. The minimum Gasteiger partial charge on any atom is -0.308 e. The molecular weight excluding hydrogens is 262 g/mol. The van der Waals surface area contributed by atoms with E-state index in [0.717, 1.165) is 29.8 Å². The molecule has 0 spiro atoms. The average molecular weight is 277 g/mol. The lowest BCUT2D eigenvalue weighted by Gasteiger charge is -2.30. The highest BCUT2D eigenvalue weighted by atomic mass is 16.2. The number of anilines is 1. The van der Waals surface area contributed by atoms with Crippen LogP contribution in [0.2, 0.25) is 0 Å². The van der Waals surface area contributed by atoms with E-state index in [-0.39, 0.29) is 5.91 Å². The highest BCUT2D eigenvalue weighted by Gasteiger charge is 2.25. The zero-order chi connectivity index (χ0) is 14.8. The summed E-state index contributed by atoms with van der Waals surface area (Å²) in [6, 6.07) is 11.4. The van der Waals surface area contributed by atoms with Gasteiger partial charge in [0.1, 0.15) is 0 Å². The van der Waals surface area contributed by atoms with Crippen LogP contribution in [0.4, 0.5) is 5.69 Å². The van der Waals surface area contributed by atoms with E-state index in [9.17, 15) is 10.1 Å². The van der Waals surface area contributed by atoms with Crippen molar-refractivity contribution in [1.82, 2.24) is 4.98 Å². The normalized spacial score (nSPS) is 13.4. The number of carbonyl (C=O) groups excluding carboxylic acids is 1. The molecule has 1 aliphatic rings. The van der Waals surface area contributed by atoms with Crippen molar-refractivity contribution in [2.24, 2.45) is 0 Å². The maximum Gasteiger partial charge on any atom is 0.259 e. The Morgan fingerprint density at radius 2 is 2.19 bits per heavy atom. The minimum atomic E-state index is -0.0569. The lowest BCUT2D eigenvalue weighted by Crippen LogP contribution is -2.35. The average Bonchev–Trinajstić information content (AvgIpc) is 2.53. The third kappa shape index (κ3) is 2.38. The van der Waals surface area contributed by atoms with Crippen LogP contribution in [0, 0.1) is 18.3 Å². The summed E-state index contributed by atoms with van der Waals surface area (Å²) in [6.45, 7) is 2.57. The lowest BCUT2D eigenvalue weighted by molar-refractivity contribution is 0.0985. The van der Waals surface area contributed by atoms with E-state index in [2.05, 4.69) is 11.1 Å². The van der Waals surface area contributed by atoms with Gasteiger partial charge in [-0.25, -0.2) is 0 Å².